The summed E-state index contributed by atoms with van der Waals surface area (Å²) >= 11 is 0. The molecular weight excluding hydrogens is 396 g/mol. The molecule has 0 saturated carbocycles. The highest BCUT2D eigenvalue weighted by Crippen LogP contribution is 2.25. The van der Waals surface area contributed by atoms with Gasteiger partial charge in [-0.1, -0.05) is 29.8 Å². The van der Waals surface area contributed by atoms with Gasteiger partial charge in [0, 0.05) is 32.3 Å². The van der Waals surface area contributed by atoms with Crippen LogP contribution < -0.4 is 4.74 Å². The lowest BCUT2D eigenvalue weighted by Gasteiger charge is -2.40. The number of hydrogen-bond donors (Lipinski definition) is 0. The van der Waals surface area contributed by atoms with Crippen molar-refractivity contribution in [2.24, 2.45) is 0 Å². The van der Waals surface area contributed by atoms with E-state index < -0.39 is 6.04 Å². The molecule has 0 aliphatic carbocycles. The maximum atomic E-state index is 13.1. The zero-order chi connectivity index (χ0) is 22.1. The van der Waals surface area contributed by atoms with Crippen molar-refractivity contribution in [2.45, 2.75) is 19.4 Å². The van der Waals surface area contributed by atoms with Gasteiger partial charge in [-0.15, -0.1) is 5.10 Å². The minimum atomic E-state index is -0.472. The Morgan fingerprint density at radius 1 is 1.13 bits per heavy atom. The zero-order valence-electron chi connectivity index (χ0n) is 17.9. The molecule has 2 amide bonds. The topological polar surface area (TPSA) is 93.5 Å². The van der Waals surface area contributed by atoms with Gasteiger partial charge in [-0.25, -0.2) is 14.6 Å². The van der Waals surface area contributed by atoms with Crippen LogP contribution in [-0.2, 0) is 4.79 Å². The Labute approximate surface area is 180 Å². The first-order chi connectivity index (χ1) is 14.9. The van der Waals surface area contributed by atoms with Gasteiger partial charge in [-0.05, 0) is 19.4 Å². The van der Waals surface area contributed by atoms with Crippen molar-refractivity contribution >= 4 is 11.8 Å². The first-order valence-corrected chi connectivity index (χ1v) is 9.95. The van der Waals surface area contributed by atoms with E-state index in [1.807, 2.05) is 31.2 Å². The third-order valence-corrected chi connectivity index (χ3v) is 5.29. The summed E-state index contributed by atoms with van der Waals surface area (Å²) in [5.41, 5.74) is 2.58. The zero-order valence-corrected chi connectivity index (χ0v) is 17.9. The number of ether oxygens (including phenoxy) is 1. The average Bonchev–Trinajstić information content (AvgIpc) is 3.19. The molecule has 4 rings (SSSR count). The highest BCUT2D eigenvalue weighted by Gasteiger charge is 2.40. The lowest BCUT2D eigenvalue weighted by molar-refractivity contribution is -0.137. The molecule has 1 aromatic carbocycles. The Morgan fingerprint density at radius 2 is 1.87 bits per heavy atom. The number of carbonyl (C=O) groups excluding carboxylic acids is 2. The van der Waals surface area contributed by atoms with Crippen molar-refractivity contribution in [3.8, 4) is 23.0 Å². The number of nitrogens with zero attached hydrogens (tertiary/aromatic N) is 6. The second-order valence-electron chi connectivity index (χ2n) is 7.63. The van der Waals surface area contributed by atoms with Crippen LogP contribution in [0.1, 0.15) is 22.6 Å². The summed E-state index contributed by atoms with van der Waals surface area (Å²) in [7, 11) is 4.91. The molecule has 1 saturated heterocycles. The van der Waals surface area contributed by atoms with Crippen LogP contribution in [0.15, 0.2) is 42.6 Å². The smallest absolute Gasteiger partial charge is 0.294 e. The second-order valence-corrected chi connectivity index (χ2v) is 7.63. The van der Waals surface area contributed by atoms with E-state index in [0.29, 0.717) is 30.4 Å². The van der Waals surface area contributed by atoms with E-state index in [4.69, 9.17) is 4.74 Å². The number of likely N-dealkylation sites (N-methyl/N-ethyl adjacent to an activating group) is 1. The summed E-state index contributed by atoms with van der Waals surface area (Å²) in [6, 6.07) is 10.9. The number of aryl methyl sites for hydroxylation is 1. The molecule has 1 aliphatic heterocycles. The molecule has 0 N–H and O–H groups in total. The summed E-state index contributed by atoms with van der Waals surface area (Å²) in [6.45, 7) is 2.50. The van der Waals surface area contributed by atoms with Gasteiger partial charge in [0.2, 0.25) is 17.6 Å². The molecule has 1 aliphatic rings. The maximum absolute atomic E-state index is 13.1. The molecule has 1 fully saturated rings. The van der Waals surface area contributed by atoms with Crippen LogP contribution in [0.4, 0.5) is 0 Å². The Kier molecular flexibility index (Phi) is 5.41. The molecule has 160 valence electrons. The summed E-state index contributed by atoms with van der Waals surface area (Å²) < 4.78 is 6.72. The standard InChI is InChI=1S/C22H24N6O3/c1-14-5-7-15(8-6-14)20-24-19(22(30)27-12-11-17(27)21(29)26(2)3)25-28(20)16-9-10-18(31-4)23-13-16/h5-10,13,17H,11-12H2,1-4H3. The van der Waals surface area contributed by atoms with Crippen LogP contribution in [-0.4, -0.2) is 75.2 Å². The van der Waals surface area contributed by atoms with E-state index in [-0.39, 0.29) is 17.6 Å². The number of rotatable bonds is 5. The fourth-order valence-electron chi connectivity index (χ4n) is 3.40. The molecule has 2 aromatic heterocycles. The van der Waals surface area contributed by atoms with Crippen LogP contribution in [0.25, 0.3) is 17.1 Å². The van der Waals surface area contributed by atoms with Crippen molar-refractivity contribution < 1.29 is 14.3 Å². The summed E-state index contributed by atoms with van der Waals surface area (Å²) in [6.07, 6.45) is 2.25. The summed E-state index contributed by atoms with van der Waals surface area (Å²) in [4.78, 5) is 37.3. The number of likely N-dealkylation sites (tertiary alicyclic amines) is 1. The second kappa shape index (κ2) is 8.17. The highest BCUT2D eigenvalue weighted by molar-refractivity contribution is 5.96. The number of pyridine rings is 1. The quantitative estimate of drug-likeness (QED) is 0.626. The van der Waals surface area contributed by atoms with Gasteiger partial charge in [0.05, 0.1) is 19.0 Å². The largest absolute Gasteiger partial charge is 0.481 e. The molecule has 1 atom stereocenters. The molecule has 0 radical (unpaired) electrons. The van der Waals surface area contributed by atoms with Crippen molar-refractivity contribution in [1.29, 1.82) is 0 Å². The molecule has 3 heterocycles. The maximum Gasteiger partial charge on any atom is 0.294 e. The number of methoxy groups -OCH3 is 1. The van der Waals surface area contributed by atoms with E-state index >= 15 is 0 Å². The first-order valence-electron chi connectivity index (χ1n) is 9.95. The normalized spacial score (nSPS) is 15.4. The van der Waals surface area contributed by atoms with Gasteiger partial charge < -0.3 is 14.5 Å². The first kappa shape index (κ1) is 20.5. The Bertz CT molecular complexity index is 1110. The average molecular weight is 420 g/mol. The summed E-state index contributed by atoms with van der Waals surface area (Å²) in [5, 5.41) is 4.48. The van der Waals surface area contributed by atoms with Crippen LogP contribution in [0, 0.1) is 6.92 Å². The molecule has 9 nitrogen and oxygen atoms in total. The fourth-order valence-corrected chi connectivity index (χ4v) is 3.40. The number of carbonyl (C=O) groups is 2. The number of hydrogen-bond acceptors (Lipinski definition) is 6. The minimum Gasteiger partial charge on any atom is -0.481 e. The molecule has 0 spiro atoms. The molecule has 9 heteroatoms. The van der Waals surface area contributed by atoms with Crippen molar-refractivity contribution in [1.82, 2.24) is 29.5 Å². The number of aromatic nitrogens is 4. The van der Waals surface area contributed by atoms with Gasteiger partial charge in [0.15, 0.2) is 5.82 Å². The predicted molar refractivity (Wildman–Crippen MR) is 114 cm³/mol. The van der Waals surface area contributed by atoms with Crippen LogP contribution >= 0.6 is 0 Å². The number of benzene rings is 1. The van der Waals surface area contributed by atoms with Crippen molar-refractivity contribution in [3.05, 3.63) is 54.0 Å². The fraction of sp³-hybridized carbons (Fsp3) is 0.318. The van der Waals surface area contributed by atoms with Gasteiger partial charge in [0.25, 0.3) is 5.91 Å². The van der Waals surface area contributed by atoms with E-state index in [1.165, 1.54) is 9.80 Å². The van der Waals surface area contributed by atoms with Gasteiger partial charge >= 0.3 is 0 Å². The molecular formula is C22H24N6O3. The minimum absolute atomic E-state index is 0.0441. The Hall–Kier alpha value is -3.75. The number of amides is 2. The van der Waals surface area contributed by atoms with Gasteiger partial charge in [-0.3, -0.25) is 9.59 Å². The van der Waals surface area contributed by atoms with E-state index in [0.717, 1.165) is 11.1 Å². The monoisotopic (exact) mass is 420 g/mol. The Morgan fingerprint density at radius 3 is 2.42 bits per heavy atom. The van der Waals surface area contributed by atoms with E-state index in [1.54, 1.807) is 44.2 Å². The lowest BCUT2D eigenvalue weighted by atomic mass is 10.0. The molecule has 3 aromatic rings. The van der Waals surface area contributed by atoms with Crippen molar-refractivity contribution in [2.75, 3.05) is 27.7 Å². The molecule has 31 heavy (non-hydrogen) atoms. The third-order valence-electron chi connectivity index (χ3n) is 5.29. The van der Waals surface area contributed by atoms with E-state index in [9.17, 15) is 9.59 Å². The van der Waals surface area contributed by atoms with Gasteiger partial charge in [0.1, 0.15) is 6.04 Å². The summed E-state index contributed by atoms with van der Waals surface area (Å²) in [5.74, 6) is 0.578. The van der Waals surface area contributed by atoms with E-state index in [2.05, 4.69) is 15.1 Å². The van der Waals surface area contributed by atoms with Crippen LogP contribution in [0.3, 0.4) is 0 Å². The third kappa shape index (κ3) is 3.86. The van der Waals surface area contributed by atoms with Crippen molar-refractivity contribution in [3.63, 3.8) is 0 Å². The highest BCUT2D eigenvalue weighted by atomic mass is 16.5. The SMILES string of the molecule is COc1ccc(-n2nc(C(=O)N3CCC3C(=O)N(C)C)nc2-c2ccc(C)cc2)cn1. The molecule has 0 bridgehead atoms. The predicted octanol–water partition coefficient (Wildman–Crippen LogP) is 1.95. The molecule has 1 unspecified atom stereocenters. The Balaban J connectivity index is 1.73. The lowest BCUT2D eigenvalue weighted by Crippen LogP contribution is -2.58. The van der Waals surface area contributed by atoms with Gasteiger partial charge in [-0.2, -0.15) is 0 Å². The van der Waals surface area contributed by atoms with Crippen LogP contribution in [0.5, 0.6) is 5.88 Å². The van der Waals surface area contributed by atoms with Crippen LogP contribution in [0.2, 0.25) is 0 Å².